The van der Waals surface area contributed by atoms with Crippen molar-refractivity contribution in [3.63, 3.8) is 0 Å². The van der Waals surface area contributed by atoms with Crippen LogP contribution in [0.1, 0.15) is 63.3 Å². The zero-order valence-corrected chi connectivity index (χ0v) is 10.5. The molecule has 0 aliphatic heterocycles. The Labute approximate surface area is 98.4 Å². The second kappa shape index (κ2) is 7.47. The summed E-state index contributed by atoms with van der Waals surface area (Å²) in [5.74, 6) is 6.66. The predicted octanol–water partition coefficient (Wildman–Crippen LogP) is 3.32. The number of unbranched alkanes of at least 4 members (excludes halogenated alkanes) is 3. The summed E-state index contributed by atoms with van der Waals surface area (Å²) < 4.78 is 5.43. The van der Waals surface area contributed by atoms with Crippen molar-refractivity contribution in [1.82, 2.24) is 5.43 Å². The zero-order chi connectivity index (χ0) is 11.8. The Balaban J connectivity index is 2.47. The van der Waals surface area contributed by atoms with Crippen molar-refractivity contribution in [2.24, 2.45) is 5.84 Å². The Bertz CT molecular complexity index is 283. The zero-order valence-electron chi connectivity index (χ0n) is 10.5. The van der Waals surface area contributed by atoms with Crippen molar-refractivity contribution in [1.29, 1.82) is 0 Å². The molecule has 1 unspecified atom stereocenters. The van der Waals surface area contributed by atoms with Crippen LogP contribution in [0.4, 0.5) is 0 Å². The van der Waals surface area contributed by atoms with Gasteiger partial charge in [0.15, 0.2) is 0 Å². The van der Waals surface area contributed by atoms with Crippen LogP contribution in [0.15, 0.2) is 16.7 Å². The molecule has 0 saturated carbocycles. The van der Waals surface area contributed by atoms with Gasteiger partial charge in [0.05, 0.1) is 6.26 Å². The molecule has 1 aromatic rings. The molecule has 0 amide bonds. The molecule has 16 heavy (non-hydrogen) atoms. The molecule has 0 aromatic carbocycles. The number of hydrogen-bond acceptors (Lipinski definition) is 3. The molecule has 0 fully saturated rings. The lowest BCUT2D eigenvalue weighted by Gasteiger charge is -2.15. The molecule has 1 heterocycles. The van der Waals surface area contributed by atoms with E-state index in [1.807, 2.05) is 6.07 Å². The van der Waals surface area contributed by atoms with Crippen LogP contribution >= 0.6 is 0 Å². The molecule has 1 atom stereocenters. The van der Waals surface area contributed by atoms with Crippen molar-refractivity contribution in [2.45, 2.75) is 58.4 Å². The minimum absolute atomic E-state index is 0.241. The fourth-order valence-corrected chi connectivity index (χ4v) is 2.05. The number of nitrogens with one attached hydrogen (secondary N) is 1. The van der Waals surface area contributed by atoms with E-state index >= 15 is 0 Å². The molecule has 0 aliphatic rings. The first-order chi connectivity index (χ1) is 7.83. The first-order valence-electron chi connectivity index (χ1n) is 6.35. The van der Waals surface area contributed by atoms with Gasteiger partial charge in [0, 0.05) is 18.0 Å². The van der Waals surface area contributed by atoms with Crippen LogP contribution in [0.5, 0.6) is 0 Å². The maximum absolute atomic E-state index is 5.61. The Morgan fingerprint density at radius 1 is 1.31 bits per heavy atom. The molecule has 1 rings (SSSR count). The van der Waals surface area contributed by atoms with Crippen molar-refractivity contribution < 1.29 is 4.42 Å². The van der Waals surface area contributed by atoms with E-state index in [0.717, 1.165) is 18.6 Å². The lowest BCUT2D eigenvalue weighted by Crippen LogP contribution is -2.28. The predicted molar refractivity (Wildman–Crippen MR) is 66.9 cm³/mol. The minimum atomic E-state index is 0.241. The van der Waals surface area contributed by atoms with E-state index in [2.05, 4.69) is 19.3 Å². The number of furan rings is 1. The smallest absolute Gasteiger partial charge is 0.108 e. The average molecular weight is 224 g/mol. The summed E-state index contributed by atoms with van der Waals surface area (Å²) in [7, 11) is 0. The second-order valence-electron chi connectivity index (χ2n) is 4.22. The molecular weight excluding hydrogens is 200 g/mol. The molecule has 3 nitrogen and oxygen atoms in total. The van der Waals surface area contributed by atoms with Gasteiger partial charge in [0.25, 0.3) is 0 Å². The lowest BCUT2D eigenvalue weighted by atomic mass is 10.0. The van der Waals surface area contributed by atoms with Gasteiger partial charge in [-0.15, -0.1) is 0 Å². The van der Waals surface area contributed by atoms with Gasteiger partial charge >= 0.3 is 0 Å². The highest BCUT2D eigenvalue weighted by Crippen LogP contribution is 2.24. The van der Waals surface area contributed by atoms with E-state index < -0.39 is 0 Å². The van der Waals surface area contributed by atoms with Crippen LogP contribution in [-0.4, -0.2) is 0 Å². The van der Waals surface area contributed by atoms with Crippen LogP contribution < -0.4 is 11.3 Å². The summed E-state index contributed by atoms with van der Waals surface area (Å²) in [5.41, 5.74) is 4.12. The van der Waals surface area contributed by atoms with Crippen LogP contribution in [-0.2, 0) is 6.42 Å². The van der Waals surface area contributed by atoms with Crippen LogP contribution in [0.25, 0.3) is 0 Å². The fraction of sp³-hybridized carbons (Fsp3) is 0.692. The fourth-order valence-electron chi connectivity index (χ4n) is 2.05. The number of nitrogens with two attached hydrogens (primary N) is 1. The average Bonchev–Trinajstić information content (AvgIpc) is 2.77. The Morgan fingerprint density at radius 2 is 2.12 bits per heavy atom. The lowest BCUT2D eigenvalue weighted by molar-refractivity contribution is 0.458. The van der Waals surface area contributed by atoms with E-state index in [1.54, 1.807) is 6.26 Å². The largest absolute Gasteiger partial charge is 0.469 e. The summed E-state index contributed by atoms with van der Waals surface area (Å²) in [6.45, 7) is 4.33. The summed E-state index contributed by atoms with van der Waals surface area (Å²) >= 11 is 0. The van der Waals surface area contributed by atoms with Crippen LogP contribution in [0.3, 0.4) is 0 Å². The Hall–Kier alpha value is -0.800. The van der Waals surface area contributed by atoms with Gasteiger partial charge in [-0.05, 0) is 12.5 Å². The van der Waals surface area contributed by atoms with Crippen molar-refractivity contribution in [2.75, 3.05) is 0 Å². The molecule has 1 aromatic heterocycles. The van der Waals surface area contributed by atoms with E-state index in [-0.39, 0.29) is 6.04 Å². The summed E-state index contributed by atoms with van der Waals surface area (Å²) in [5, 5.41) is 0. The molecule has 0 saturated heterocycles. The molecular formula is C13H24N2O. The van der Waals surface area contributed by atoms with Gasteiger partial charge in [-0.3, -0.25) is 11.3 Å². The SMILES string of the molecule is CCCCCCC(NN)c1ccoc1CC. The molecule has 3 heteroatoms. The summed E-state index contributed by atoms with van der Waals surface area (Å²) in [6.07, 6.45) is 8.85. The first-order valence-corrected chi connectivity index (χ1v) is 6.35. The third kappa shape index (κ3) is 3.65. The van der Waals surface area contributed by atoms with Gasteiger partial charge in [0.2, 0.25) is 0 Å². The summed E-state index contributed by atoms with van der Waals surface area (Å²) in [4.78, 5) is 0. The number of aryl methyl sites for hydroxylation is 1. The van der Waals surface area contributed by atoms with Crippen molar-refractivity contribution in [3.05, 3.63) is 23.7 Å². The van der Waals surface area contributed by atoms with E-state index in [0.29, 0.717) is 0 Å². The van der Waals surface area contributed by atoms with E-state index in [1.165, 1.54) is 31.2 Å². The van der Waals surface area contributed by atoms with Gasteiger partial charge in [-0.2, -0.15) is 0 Å². The molecule has 0 bridgehead atoms. The number of hydrogen-bond donors (Lipinski definition) is 2. The van der Waals surface area contributed by atoms with Crippen LogP contribution in [0, 0.1) is 0 Å². The minimum Gasteiger partial charge on any atom is -0.469 e. The highest BCUT2D eigenvalue weighted by atomic mass is 16.3. The Morgan fingerprint density at radius 3 is 2.75 bits per heavy atom. The molecule has 0 spiro atoms. The highest BCUT2D eigenvalue weighted by molar-refractivity contribution is 5.21. The topological polar surface area (TPSA) is 51.2 Å². The normalized spacial score (nSPS) is 12.9. The molecule has 3 N–H and O–H groups in total. The van der Waals surface area contributed by atoms with Gasteiger partial charge < -0.3 is 4.42 Å². The Kier molecular flexibility index (Phi) is 6.19. The highest BCUT2D eigenvalue weighted by Gasteiger charge is 2.14. The number of rotatable bonds is 8. The standard InChI is InChI=1S/C13H24N2O/c1-3-5-6-7-8-12(15-14)11-9-10-16-13(11)4-2/h9-10,12,15H,3-8,14H2,1-2H3. The van der Waals surface area contributed by atoms with Crippen molar-refractivity contribution >= 4 is 0 Å². The maximum atomic E-state index is 5.61. The third-order valence-corrected chi connectivity index (χ3v) is 3.02. The van der Waals surface area contributed by atoms with E-state index in [4.69, 9.17) is 10.3 Å². The molecule has 0 aliphatic carbocycles. The second-order valence-corrected chi connectivity index (χ2v) is 4.22. The summed E-state index contributed by atoms with van der Waals surface area (Å²) in [6, 6.07) is 2.27. The molecule has 0 radical (unpaired) electrons. The van der Waals surface area contributed by atoms with Gasteiger partial charge in [-0.1, -0.05) is 39.5 Å². The van der Waals surface area contributed by atoms with Gasteiger partial charge in [-0.25, -0.2) is 0 Å². The molecule has 92 valence electrons. The van der Waals surface area contributed by atoms with Gasteiger partial charge in [0.1, 0.15) is 5.76 Å². The number of hydrazine groups is 1. The first kappa shape index (κ1) is 13.3. The monoisotopic (exact) mass is 224 g/mol. The quantitative estimate of drug-likeness (QED) is 0.404. The van der Waals surface area contributed by atoms with Crippen LogP contribution in [0.2, 0.25) is 0 Å². The maximum Gasteiger partial charge on any atom is 0.108 e. The van der Waals surface area contributed by atoms with E-state index in [9.17, 15) is 0 Å². The third-order valence-electron chi connectivity index (χ3n) is 3.02. The van der Waals surface area contributed by atoms with Crippen molar-refractivity contribution in [3.8, 4) is 0 Å².